The molecule has 0 aliphatic heterocycles. The second-order valence-corrected chi connectivity index (χ2v) is 8.41. The predicted octanol–water partition coefficient (Wildman–Crippen LogP) is 5.32. The lowest BCUT2D eigenvalue weighted by atomic mass is 9.93. The minimum atomic E-state index is 0.0262. The molecule has 0 saturated heterocycles. The number of H-pyrrole nitrogens is 1. The monoisotopic (exact) mass is 381 g/mol. The third-order valence-corrected chi connectivity index (χ3v) is 4.87. The summed E-state index contributed by atoms with van der Waals surface area (Å²) in [5, 5.41) is 10.8. The number of fused-ring (bicyclic) bond motifs is 1. The highest BCUT2D eigenvalue weighted by Crippen LogP contribution is 2.24. The molecule has 28 heavy (non-hydrogen) atoms. The van der Waals surface area contributed by atoms with Crippen LogP contribution in [0.3, 0.4) is 0 Å². The maximum Gasteiger partial charge on any atom is 0.224 e. The largest absolute Gasteiger partial charge is 0.326 e. The number of carbonyl (C=O) groups is 1. The van der Waals surface area contributed by atoms with Crippen molar-refractivity contribution in [3.63, 3.8) is 0 Å². The highest BCUT2D eigenvalue weighted by molar-refractivity contribution is 5.90. The fourth-order valence-electron chi connectivity index (χ4n) is 3.10. The number of benzene rings is 1. The lowest BCUT2D eigenvalue weighted by molar-refractivity contribution is -0.116. The van der Waals surface area contributed by atoms with Gasteiger partial charge in [-0.1, -0.05) is 53.4 Å². The summed E-state index contributed by atoms with van der Waals surface area (Å²) < 4.78 is 1.71. The van der Waals surface area contributed by atoms with Crippen molar-refractivity contribution in [2.45, 2.75) is 71.6 Å². The summed E-state index contributed by atoms with van der Waals surface area (Å²) in [6, 6.07) is 9.72. The average Bonchev–Trinajstić information content (AvgIpc) is 3.21. The van der Waals surface area contributed by atoms with Crippen LogP contribution in [0, 0.1) is 0 Å². The third kappa shape index (κ3) is 5.00. The summed E-state index contributed by atoms with van der Waals surface area (Å²) in [4.78, 5) is 16.7. The number of hydrogen-bond donors (Lipinski definition) is 2. The minimum Gasteiger partial charge on any atom is -0.326 e. The van der Waals surface area contributed by atoms with E-state index in [1.165, 1.54) is 19.3 Å². The Labute approximate surface area is 166 Å². The fourth-order valence-corrected chi connectivity index (χ4v) is 3.10. The number of nitrogens with zero attached hydrogens (tertiary/aromatic N) is 3. The van der Waals surface area contributed by atoms with Crippen molar-refractivity contribution < 1.29 is 4.79 Å². The van der Waals surface area contributed by atoms with E-state index in [0.717, 1.165) is 35.4 Å². The Morgan fingerprint density at radius 1 is 1.11 bits per heavy atom. The minimum absolute atomic E-state index is 0.0262. The Hall–Kier alpha value is -2.63. The molecule has 3 rings (SSSR count). The number of aromatic nitrogens is 4. The van der Waals surface area contributed by atoms with Gasteiger partial charge in [-0.25, -0.2) is 4.98 Å². The highest BCUT2D eigenvalue weighted by atomic mass is 16.1. The third-order valence-electron chi connectivity index (χ3n) is 4.87. The van der Waals surface area contributed by atoms with E-state index in [1.54, 1.807) is 4.63 Å². The first-order valence-electron chi connectivity index (χ1n) is 10.2. The first-order valence-corrected chi connectivity index (χ1v) is 10.2. The number of carbonyl (C=O) groups excluding carboxylic acids is 1. The predicted molar refractivity (Wildman–Crippen MR) is 113 cm³/mol. The van der Waals surface area contributed by atoms with E-state index in [1.807, 2.05) is 30.3 Å². The van der Waals surface area contributed by atoms with Crippen LogP contribution in [0.15, 0.2) is 30.3 Å². The van der Waals surface area contributed by atoms with Crippen molar-refractivity contribution in [1.29, 1.82) is 0 Å². The van der Waals surface area contributed by atoms with Gasteiger partial charge in [0.15, 0.2) is 11.5 Å². The molecule has 2 N–H and O–H groups in total. The molecule has 150 valence electrons. The Bertz CT molecular complexity index is 883. The molecular formula is C22H31N5O. The van der Waals surface area contributed by atoms with Gasteiger partial charge in [-0.05, 0) is 30.7 Å². The molecule has 0 saturated carbocycles. The van der Waals surface area contributed by atoms with Crippen LogP contribution in [0.5, 0.6) is 0 Å². The van der Waals surface area contributed by atoms with E-state index in [-0.39, 0.29) is 11.3 Å². The van der Waals surface area contributed by atoms with Crippen LogP contribution in [0.25, 0.3) is 17.0 Å². The zero-order chi connectivity index (χ0) is 20.1. The van der Waals surface area contributed by atoms with Crippen molar-refractivity contribution >= 4 is 17.2 Å². The summed E-state index contributed by atoms with van der Waals surface area (Å²) in [6.07, 6.45) is 6.33. The Balaban J connectivity index is 1.59. The number of amides is 1. The van der Waals surface area contributed by atoms with E-state index in [9.17, 15) is 4.79 Å². The first kappa shape index (κ1) is 20.1. The normalized spacial score (nSPS) is 11.9. The molecule has 6 nitrogen and oxygen atoms in total. The Morgan fingerprint density at radius 3 is 2.46 bits per heavy atom. The van der Waals surface area contributed by atoms with Crippen LogP contribution in [0.1, 0.15) is 71.9 Å². The van der Waals surface area contributed by atoms with Gasteiger partial charge >= 0.3 is 0 Å². The highest BCUT2D eigenvalue weighted by Gasteiger charge is 2.18. The van der Waals surface area contributed by atoms with Crippen LogP contribution in [-0.2, 0) is 10.2 Å². The van der Waals surface area contributed by atoms with Crippen LogP contribution in [0.4, 0.5) is 5.69 Å². The van der Waals surface area contributed by atoms with E-state index in [0.29, 0.717) is 12.2 Å². The van der Waals surface area contributed by atoms with Crippen molar-refractivity contribution in [2.75, 3.05) is 5.32 Å². The number of aromatic amines is 1. The van der Waals surface area contributed by atoms with E-state index in [4.69, 9.17) is 0 Å². The van der Waals surface area contributed by atoms with Crippen LogP contribution in [0.2, 0.25) is 0 Å². The molecule has 6 heteroatoms. The van der Waals surface area contributed by atoms with Crippen LogP contribution >= 0.6 is 0 Å². The SMILES string of the molecule is CCCCCCCC(=O)Nc1ccc(-c2nc3cc(C(C)(C)C)[nH]n3n2)cc1. The summed E-state index contributed by atoms with van der Waals surface area (Å²) in [7, 11) is 0. The molecular weight excluding hydrogens is 350 g/mol. The zero-order valence-corrected chi connectivity index (χ0v) is 17.4. The Kier molecular flexibility index (Phi) is 6.17. The van der Waals surface area contributed by atoms with E-state index >= 15 is 0 Å². The second kappa shape index (κ2) is 8.59. The zero-order valence-electron chi connectivity index (χ0n) is 17.4. The summed E-state index contributed by atoms with van der Waals surface area (Å²) in [5.41, 5.74) is 3.66. The van der Waals surface area contributed by atoms with E-state index in [2.05, 4.69) is 48.2 Å². The van der Waals surface area contributed by atoms with Gasteiger partial charge in [0.1, 0.15) is 0 Å². The number of nitrogens with one attached hydrogen (secondary N) is 2. The standard InChI is InChI=1S/C22H31N5O/c1-5-6-7-8-9-10-20(28)23-17-13-11-16(12-14-17)21-24-19-15-18(22(2,3)4)25-27(19)26-21/h11-15,25H,5-10H2,1-4H3,(H,23,28). The molecule has 0 spiro atoms. The smallest absolute Gasteiger partial charge is 0.224 e. The Morgan fingerprint density at radius 2 is 1.82 bits per heavy atom. The molecule has 1 aromatic carbocycles. The summed E-state index contributed by atoms with van der Waals surface area (Å²) >= 11 is 0. The van der Waals surface area contributed by atoms with Crippen molar-refractivity contribution in [3.05, 3.63) is 36.0 Å². The van der Waals surface area contributed by atoms with Gasteiger partial charge in [0.25, 0.3) is 0 Å². The quantitative estimate of drug-likeness (QED) is 0.518. The summed E-state index contributed by atoms with van der Waals surface area (Å²) in [6.45, 7) is 8.64. The average molecular weight is 382 g/mol. The molecule has 0 aliphatic carbocycles. The van der Waals surface area contributed by atoms with Gasteiger partial charge in [0, 0.05) is 34.8 Å². The van der Waals surface area contributed by atoms with Crippen molar-refractivity contribution in [3.8, 4) is 11.4 Å². The molecule has 0 aliphatic rings. The van der Waals surface area contributed by atoms with Gasteiger partial charge in [0.05, 0.1) is 0 Å². The van der Waals surface area contributed by atoms with Gasteiger partial charge in [-0.2, -0.15) is 4.63 Å². The van der Waals surface area contributed by atoms with Gasteiger partial charge < -0.3 is 5.32 Å². The molecule has 0 unspecified atom stereocenters. The van der Waals surface area contributed by atoms with Gasteiger partial charge in [-0.3, -0.25) is 9.89 Å². The molecule has 3 aromatic rings. The van der Waals surface area contributed by atoms with Crippen LogP contribution < -0.4 is 5.32 Å². The first-order chi connectivity index (χ1) is 13.4. The molecule has 1 amide bonds. The van der Waals surface area contributed by atoms with Crippen LogP contribution in [-0.4, -0.2) is 25.7 Å². The fraction of sp³-hybridized carbons (Fsp3) is 0.500. The number of hydrogen-bond acceptors (Lipinski definition) is 3. The van der Waals surface area contributed by atoms with Gasteiger partial charge in [-0.15, -0.1) is 5.10 Å². The number of rotatable bonds is 8. The lowest BCUT2D eigenvalue weighted by Crippen LogP contribution is -2.12. The molecule has 2 aromatic heterocycles. The molecule has 0 radical (unpaired) electrons. The lowest BCUT2D eigenvalue weighted by Gasteiger charge is -2.14. The molecule has 2 heterocycles. The molecule has 0 atom stereocenters. The van der Waals surface area contributed by atoms with Crippen molar-refractivity contribution in [1.82, 2.24) is 19.8 Å². The molecule has 0 bridgehead atoms. The van der Waals surface area contributed by atoms with Gasteiger partial charge in [0.2, 0.25) is 5.91 Å². The second-order valence-electron chi connectivity index (χ2n) is 8.41. The topological polar surface area (TPSA) is 75.1 Å². The number of anilines is 1. The van der Waals surface area contributed by atoms with E-state index < -0.39 is 0 Å². The number of unbranched alkanes of at least 4 members (excludes halogenated alkanes) is 4. The maximum absolute atomic E-state index is 12.1. The maximum atomic E-state index is 12.1. The summed E-state index contributed by atoms with van der Waals surface area (Å²) in [5.74, 6) is 0.743. The van der Waals surface area contributed by atoms with Crippen molar-refractivity contribution in [2.24, 2.45) is 0 Å². The molecule has 0 fully saturated rings.